The Morgan fingerprint density at radius 1 is 0.342 bits per heavy atom. The van der Waals surface area contributed by atoms with Gasteiger partial charge in [0, 0.05) is 22.7 Å². The Labute approximate surface area is 224 Å². The van der Waals surface area contributed by atoms with Crippen LogP contribution in [0.5, 0.6) is 0 Å². The number of hydrogen-bond acceptors (Lipinski definition) is 2. The molecule has 1 aromatic heterocycles. The fourth-order valence-corrected chi connectivity index (χ4v) is 4.90. The molecule has 0 unspecified atom stereocenters. The average molecular weight is 492 g/mol. The van der Waals surface area contributed by atoms with E-state index in [1.807, 2.05) is 0 Å². The lowest BCUT2D eigenvalue weighted by Crippen LogP contribution is -2.19. The summed E-state index contributed by atoms with van der Waals surface area (Å²) in [5.41, 5.74) is 5.70. The van der Waals surface area contributed by atoms with Crippen LogP contribution in [0.25, 0.3) is 0 Å². The smallest absolute Gasteiger partial charge is 0.119 e. The Balaban J connectivity index is 1.59. The maximum absolute atomic E-state index is 2.41. The van der Waals surface area contributed by atoms with Gasteiger partial charge in [-0.05, 0) is 66.2 Å². The normalized spacial score (nSPS) is 10.7. The number of hydrogen-bond donors (Lipinski definition) is 0. The van der Waals surface area contributed by atoms with Crippen molar-refractivity contribution in [1.82, 2.24) is 4.57 Å². The zero-order chi connectivity index (χ0) is 25.6. The molecule has 6 aromatic rings. The van der Waals surface area contributed by atoms with Crippen LogP contribution >= 0.6 is 0 Å². The molecule has 6 rings (SSSR count). The molecular formula is C35H29N3. The first-order valence-electron chi connectivity index (χ1n) is 12.9. The van der Waals surface area contributed by atoms with Crippen molar-refractivity contribution in [3.8, 4) is 0 Å². The van der Waals surface area contributed by atoms with Crippen molar-refractivity contribution in [3.05, 3.63) is 169 Å². The van der Waals surface area contributed by atoms with Crippen LogP contribution in [0.2, 0.25) is 0 Å². The van der Waals surface area contributed by atoms with Gasteiger partial charge in [-0.15, -0.1) is 0 Å². The lowest BCUT2D eigenvalue weighted by atomic mass is 10.2. The monoisotopic (exact) mass is 491 g/mol. The number of nitrogens with zero attached hydrogens (tertiary/aromatic N) is 3. The van der Waals surface area contributed by atoms with Crippen LogP contribution in [0.3, 0.4) is 0 Å². The van der Waals surface area contributed by atoms with E-state index in [1.54, 1.807) is 0 Å². The summed E-state index contributed by atoms with van der Waals surface area (Å²) in [5.74, 6) is 2.19. The maximum atomic E-state index is 2.41. The third kappa shape index (κ3) is 4.82. The van der Waals surface area contributed by atoms with Gasteiger partial charge >= 0.3 is 0 Å². The van der Waals surface area contributed by atoms with Gasteiger partial charge in [0.05, 0.1) is 6.54 Å². The molecule has 0 N–H and O–H groups in total. The Kier molecular flexibility index (Phi) is 6.73. The van der Waals surface area contributed by atoms with Gasteiger partial charge in [0.25, 0.3) is 0 Å². The summed E-state index contributed by atoms with van der Waals surface area (Å²) < 4.78 is 2.41. The topological polar surface area (TPSA) is 11.4 Å². The molecule has 0 aliphatic carbocycles. The van der Waals surface area contributed by atoms with E-state index in [9.17, 15) is 0 Å². The Bertz CT molecular complexity index is 1380. The van der Waals surface area contributed by atoms with Gasteiger partial charge in [0.2, 0.25) is 0 Å². The van der Waals surface area contributed by atoms with Gasteiger partial charge < -0.3 is 4.57 Å². The van der Waals surface area contributed by atoms with Crippen molar-refractivity contribution in [2.45, 2.75) is 6.54 Å². The third-order valence-electron chi connectivity index (χ3n) is 6.63. The van der Waals surface area contributed by atoms with E-state index >= 15 is 0 Å². The molecule has 3 nitrogen and oxygen atoms in total. The Morgan fingerprint density at radius 2 is 0.632 bits per heavy atom. The summed E-state index contributed by atoms with van der Waals surface area (Å²) in [6.45, 7) is 0.727. The predicted octanol–water partition coefficient (Wildman–Crippen LogP) is 9.48. The van der Waals surface area contributed by atoms with Gasteiger partial charge in [-0.2, -0.15) is 0 Å². The van der Waals surface area contributed by atoms with E-state index in [1.165, 1.54) is 5.56 Å². The molecule has 1 heterocycles. The number of para-hydroxylation sites is 4. The van der Waals surface area contributed by atoms with Gasteiger partial charge in [-0.25, -0.2) is 0 Å². The summed E-state index contributed by atoms with van der Waals surface area (Å²) in [4.78, 5) is 4.67. The first-order valence-corrected chi connectivity index (χ1v) is 12.9. The zero-order valence-corrected chi connectivity index (χ0v) is 21.1. The highest BCUT2D eigenvalue weighted by atomic mass is 15.3. The summed E-state index contributed by atoms with van der Waals surface area (Å²) in [6, 6.07) is 57.5. The molecule has 0 aliphatic rings. The standard InChI is InChI=1S/C35H29N3/c1-6-16-29(17-7-1)28-36-34(37(30-18-8-2-9-19-30)31-20-10-3-11-21-31)26-27-35(36)38(32-22-12-4-13-23-32)33-24-14-5-15-25-33/h1-27H,28H2. The highest BCUT2D eigenvalue weighted by Crippen LogP contribution is 2.42. The number of rotatable bonds is 8. The van der Waals surface area contributed by atoms with Crippen molar-refractivity contribution >= 4 is 34.4 Å². The summed E-state index contributed by atoms with van der Waals surface area (Å²) in [5, 5.41) is 0. The van der Waals surface area contributed by atoms with Crippen molar-refractivity contribution in [1.29, 1.82) is 0 Å². The maximum Gasteiger partial charge on any atom is 0.119 e. The van der Waals surface area contributed by atoms with E-state index in [0.29, 0.717) is 0 Å². The fraction of sp³-hybridized carbons (Fsp3) is 0.0286. The molecule has 0 amide bonds. The highest BCUT2D eigenvalue weighted by molar-refractivity contribution is 5.81. The molecule has 38 heavy (non-hydrogen) atoms. The van der Waals surface area contributed by atoms with Gasteiger partial charge in [-0.1, -0.05) is 103 Å². The Hall–Kier alpha value is -5.02. The third-order valence-corrected chi connectivity index (χ3v) is 6.63. The fourth-order valence-electron chi connectivity index (χ4n) is 4.90. The predicted molar refractivity (Wildman–Crippen MR) is 159 cm³/mol. The lowest BCUT2D eigenvalue weighted by molar-refractivity contribution is 0.798. The lowest BCUT2D eigenvalue weighted by Gasteiger charge is -2.30. The van der Waals surface area contributed by atoms with Gasteiger partial charge in [0.15, 0.2) is 0 Å². The second-order valence-electron chi connectivity index (χ2n) is 9.13. The van der Waals surface area contributed by atoms with Crippen LogP contribution in [0.15, 0.2) is 164 Å². The molecule has 0 bridgehead atoms. The molecule has 0 aliphatic heterocycles. The van der Waals surface area contributed by atoms with Crippen molar-refractivity contribution in [2.24, 2.45) is 0 Å². The molecule has 0 atom stereocenters. The van der Waals surface area contributed by atoms with Crippen LogP contribution in [-0.4, -0.2) is 4.57 Å². The van der Waals surface area contributed by atoms with Crippen LogP contribution < -0.4 is 9.80 Å². The molecule has 184 valence electrons. The van der Waals surface area contributed by atoms with Crippen molar-refractivity contribution in [2.75, 3.05) is 9.80 Å². The van der Waals surface area contributed by atoms with E-state index in [-0.39, 0.29) is 0 Å². The highest BCUT2D eigenvalue weighted by Gasteiger charge is 2.23. The molecule has 5 aromatic carbocycles. The van der Waals surface area contributed by atoms with Crippen LogP contribution in [0.1, 0.15) is 5.56 Å². The first kappa shape index (κ1) is 23.4. The second-order valence-corrected chi connectivity index (χ2v) is 9.13. The molecular weight excluding hydrogens is 462 g/mol. The van der Waals surface area contributed by atoms with Crippen LogP contribution in [-0.2, 0) is 6.54 Å². The van der Waals surface area contributed by atoms with E-state index in [0.717, 1.165) is 40.9 Å². The molecule has 0 spiro atoms. The summed E-state index contributed by atoms with van der Waals surface area (Å²) in [6.07, 6.45) is 0. The number of aromatic nitrogens is 1. The zero-order valence-electron chi connectivity index (χ0n) is 21.1. The minimum absolute atomic E-state index is 0.727. The largest absolute Gasteiger partial charge is 0.309 e. The van der Waals surface area contributed by atoms with Crippen molar-refractivity contribution in [3.63, 3.8) is 0 Å². The molecule has 0 saturated heterocycles. The quantitative estimate of drug-likeness (QED) is 0.210. The number of benzene rings is 5. The Morgan fingerprint density at radius 3 is 0.947 bits per heavy atom. The van der Waals surface area contributed by atoms with Crippen LogP contribution in [0, 0.1) is 0 Å². The molecule has 0 fully saturated rings. The van der Waals surface area contributed by atoms with E-state index in [4.69, 9.17) is 0 Å². The first-order chi connectivity index (χ1) is 18.9. The van der Waals surface area contributed by atoms with Gasteiger partial charge in [0.1, 0.15) is 11.6 Å². The minimum atomic E-state index is 0.727. The van der Waals surface area contributed by atoms with E-state index in [2.05, 4.69) is 178 Å². The van der Waals surface area contributed by atoms with Crippen molar-refractivity contribution < 1.29 is 0 Å². The summed E-state index contributed by atoms with van der Waals surface area (Å²) >= 11 is 0. The second kappa shape index (κ2) is 10.9. The number of anilines is 6. The molecule has 0 saturated carbocycles. The average Bonchev–Trinajstić information content (AvgIpc) is 3.38. The molecule has 0 radical (unpaired) electrons. The molecule has 3 heteroatoms. The summed E-state index contributed by atoms with van der Waals surface area (Å²) in [7, 11) is 0. The van der Waals surface area contributed by atoms with Crippen LogP contribution in [0.4, 0.5) is 34.4 Å². The minimum Gasteiger partial charge on any atom is -0.309 e. The SMILES string of the molecule is c1ccc(Cn2c(N(c3ccccc3)c3ccccc3)ccc2N(c2ccccc2)c2ccccc2)cc1. The van der Waals surface area contributed by atoms with E-state index < -0.39 is 0 Å². The van der Waals surface area contributed by atoms with Gasteiger partial charge in [-0.3, -0.25) is 9.80 Å².